The second-order valence-corrected chi connectivity index (χ2v) is 18.7. The van der Waals surface area contributed by atoms with Gasteiger partial charge in [0, 0.05) is 0 Å². The van der Waals surface area contributed by atoms with Crippen LogP contribution < -0.4 is 0 Å². The molecule has 0 atom stereocenters. The van der Waals surface area contributed by atoms with Crippen LogP contribution in [0.25, 0.3) is 0 Å². The van der Waals surface area contributed by atoms with Gasteiger partial charge in [-0.05, 0) is 0 Å². The van der Waals surface area contributed by atoms with E-state index in [1.54, 1.807) is 0 Å². The van der Waals surface area contributed by atoms with Crippen molar-refractivity contribution in [3.05, 3.63) is 0 Å². The van der Waals surface area contributed by atoms with Crippen molar-refractivity contribution in [2.24, 2.45) is 0 Å². The van der Waals surface area contributed by atoms with Gasteiger partial charge < -0.3 is 0 Å². The molecular weight excluding hydrogens is 324 g/mol. The molecule has 0 aliphatic carbocycles. The van der Waals surface area contributed by atoms with Crippen LogP contribution in [0, 0.1) is 0 Å². The van der Waals surface area contributed by atoms with Crippen molar-refractivity contribution in [2.45, 2.75) is 114 Å². The molecular formula is C18H39ClGe. The van der Waals surface area contributed by atoms with E-state index in [4.69, 9.17) is 10.0 Å². The van der Waals surface area contributed by atoms with E-state index in [-0.39, 0.29) is 0 Å². The van der Waals surface area contributed by atoms with E-state index in [1.807, 2.05) is 0 Å². The average Bonchev–Trinajstić information content (AvgIpc) is 2.46. The van der Waals surface area contributed by atoms with Gasteiger partial charge >= 0.3 is 136 Å². The van der Waals surface area contributed by atoms with Crippen LogP contribution in [0.5, 0.6) is 0 Å². The van der Waals surface area contributed by atoms with E-state index in [1.165, 1.54) is 92.8 Å². The van der Waals surface area contributed by atoms with E-state index in [0.717, 1.165) is 0 Å². The summed E-state index contributed by atoms with van der Waals surface area (Å²) in [5, 5.41) is 4.25. The number of hydrogen-bond acceptors (Lipinski definition) is 0. The number of hydrogen-bond donors (Lipinski definition) is 0. The third-order valence-electron chi connectivity index (χ3n) is 4.44. The van der Waals surface area contributed by atoms with Crippen LogP contribution in [0.1, 0.15) is 97.8 Å². The van der Waals surface area contributed by atoms with Crippen molar-refractivity contribution in [3.8, 4) is 0 Å². The molecule has 0 saturated heterocycles. The van der Waals surface area contributed by atoms with Gasteiger partial charge in [-0.25, -0.2) is 0 Å². The fraction of sp³-hybridized carbons (Fsp3) is 1.00. The summed E-state index contributed by atoms with van der Waals surface area (Å²) in [5.74, 6) is 0. The number of halogens is 1. The number of rotatable bonds is 15. The van der Waals surface area contributed by atoms with Crippen LogP contribution >= 0.6 is 10.0 Å². The zero-order valence-corrected chi connectivity index (χ0v) is 17.3. The van der Waals surface area contributed by atoms with Gasteiger partial charge in [0.25, 0.3) is 0 Å². The molecule has 0 aromatic carbocycles. The quantitative estimate of drug-likeness (QED) is 0.205. The monoisotopic (exact) mass is 364 g/mol. The van der Waals surface area contributed by atoms with Crippen molar-refractivity contribution in [1.82, 2.24) is 0 Å². The van der Waals surface area contributed by atoms with Gasteiger partial charge in [-0.2, -0.15) is 0 Å². The Morgan fingerprint density at radius 2 is 0.850 bits per heavy atom. The second kappa shape index (κ2) is 14.8. The Morgan fingerprint density at radius 1 is 0.500 bits per heavy atom. The van der Waals surface area contributed by atoms with E-state index in [9.17, 15) is 0 Å². The molecule has 0 aromatic heterocycles. The predicted octanol–water partition coefficient (Wildman–Crippen LogP) is 7.91. The molecule has 0 aromatic rings. The Balaban J connectivity index is 3.67. The molecule has 0 saturated carbocycles. The maximum atomic E-state index is 7.07. The van der Waals surface area contributed by atoms with E-state index >= 15 is 0 Å². The van der Waals surface area contributed by atoms with Crippen molar-refractivity contribution in [1.29, 1.82) is 0 Å². The summed E-state index contributed by atoms with van der Waals surface area (Å²) >= 11 is -1.93. The molecule has 0 fully saturated rings. The fourth-order valence-corrected chi connectivity index (χ4v) is 12.6. The molecule has 0 N–H and O–H groups in total. The first kappa shape index (κ1) is 20.8. The van der Waals surface area contributed by atoms with Crippen LogP contribution in [0.3, 0.4) is 0 Å². The molecule has 0 amide bonds. The Kier molecular flexibility index (Phi) is 15.4. The minimum absolute atomic E-state index is 1.32. The number of unbranched alkanes of at least 4 members (excludes halogenated alkanes) is 9. The topological polar surface area (TPSA) is 0 Å². The molecule has 20 heavy (non-hydrogen) atoms. The molecule has 0 bridgehead atoms. The normalized spacial score (nSPS) is 12.0. The zero-order valence-electron chi connectivity index (χ0n) is 14.5. The van der Waals surface area contributed by atoms with Crippen LogP contribution in [0.2, 0.25) is 15.8 Å². The van der Waals surface area contributed by atoms with Crippen molar-refractivity contribution < 1.29 is 0 Å². The van der Waals surface area contributed by atoms with E-state index in [2.05, 4.69) is 20.8 Å². The molecule has 0 nitrogen and oxygen atoms in total. The third kappa shape index (κ3) is 12.6. The summed E-state index contributed by atoms with van der Waals surface area (Å²) in [5.41, 5.74) is 0. The summed E-state index contributed by atoms with van der Waals surface area (Å²) in [6.07, 6.45) is 16.8. The molecule has 0 aliphatic heterocycles. The van der Waals surface area contributed by atoms with E-state index in [0.29, 0.717) is 0 Å². The molecule has 0 rings (SSSR count). The Bertz CT molecular complexity index is 186. The van der Waals surface area contributed by atoms with Crippen LogP contribution in [0.4, 0.5) is 0 Å². The maximum absolute atomic E-state index is 7.07. The molecule has 2 heteroatoms. The Morgan fingerprint density at radius 3 is 1.30 bits per heavy atom. The first-order chi connectivity index (χ1) is 9.68. The summed E-state index contributed by atoms with van der Waals surface area (Å²) in [4.78, 5) is 0. The Hall–Kier alpha value is 0.833. The summed E-state index contributed by atoms with van der Waals surface area (Å²) in [6, 6.07) is 0. The zero-order chi connectivity index (χ0) is 15.1. The van der Waals surface area contributed by atoms with E-state index < -0.39 is 12.3 Å². The summed E-state index contributed by atoms with van der Waals surface area (Å²) < 4.78 is 0. The van der Waals surface area contributed by atoms with Gasteiger partial charge in [-0.3, -0.25) is 0 Å². The van der Waals surface area contributed by atoms with Gasteiger partial charge in [0.15, 0.2) is 0 Å². The predicted molar refractivity (Wildman–Crippen MR) is 98.5 cm³/mol. The molecule has 122 valence electrons. The first-order valence-electron chi connectivity index (χ1n) is 9.37. The van der Waals surface area contributed by atoms with Gasteiger partial charge in [0.1, 0.15) is 0 Å². The fourth-order valence-electron chi connectivity index (χ4n) is 2.94. The van der Waals surface area contributed by atoms with Crippen LogP contribution in [-0.4, -0.2) is 12.3 Å². The van der Waals surface area contributed by atoms with Crippen LogP contribution in [-0.2, 0) is 0 Å². The minimum atomic E-state index is -1.93. The first-order valence-corrected chi connectivity index (χ1v) is 16.6. The second-order valence-electron chi connectivity index (χ2n) is 6.58. The summed E-state index contributed by atoms with van der Waals surface area (Å²) in [7, 11) is 7.07. The third-order valence-corrected chi connectivity index (χ3v) is 15.2. The molecule has 0 heterocycles. The molecule has 0 aliphatic rings. The summed E-state index contributed by atoms with van der Waals surface area (Å²) in [6.45, 7) is 6.89. The van der Waals surface area contributed by atoms with Crippen molar-refractivity contribution in [2.75, 3.05) is 0 Å². The Labute approximate surface area is 136 Å². The SMILES string of the molecule is CCCCCCCCC[CH2][Ge]([Cl])([CH2]CCC)[CH2]CCC. The van der Waals surface area contributed by atoms with Gasteiger partial charge in [0.05, 0.1) is 0 Å². The molecule has 0 unspecified atom stereocenters. The van der Waals surface area contributed by atoms with Crippen LogP contribution in [0.15, 0.2) is 0 Å². The van der Waals surface area contributed by atoms with Crippen molar-refractivity contribution >= 4 is 22.3 Å². The van der Waals surface area contributed by atoms with Gasteiger partial charge in [-0.1, -0.05) is 0 Å². The van der Waals surface area contributed by atoms with Crippen molar-refractivity contribution in [3.63, 3.8) is 0 Å². The standard InChI is InChI=1S/C18H39ClGe/c1-4-7-10-11-12-13-14-15-18-20(19,16-8-5-2)17-9-6-3/h4-18H2,1-3H3. The molecule has 0 radical (unpaired) electrons. The van der Waals surface area contributed by atoms with Gasteiger partial charge in [0.2, 0.25) is 0 Å². The average molecular weight is 364 g/mol. The van der Waals surface area contributed by atoms with Gasteiger partial charge in [-0.15, -0.1) is 0 Å². The molecule has 0 spiro atoms.